The molecule has 5 heteroatoms. The first-order chi connectivity index (χ1) is 7.51. The number of carbonyl (C=O) groups is 1. The number of hydrogen-bond donors (Lipinski definition) is 1. The van der Waals surface area contributed by atoms with Crippen LogP contribution in [0.1, 0.15) is 49.9 Å². The highest BCUT2D eigenvalue weighted by atomic mass is 16.5. The normalized spacial score (nSPS) is 14.5. The molecule has 1 heterocycles. The van der Waals surface area contributed by atoms with E-state index in [0.717, 1.165) is 6.42 Å². The molecule has 1 aromatic heterocycles. The van der Waals surface area contributed by atoms with Gasteiger partial charge in [0.05, 0.1) is 6.61 Å². The first kappa shape index (κ1) is 12.7. The molecule has 0 aromatic carbocycles. The maximum Gasteiger partial charge on any atom is 0.360 e. The molecule has 90 valence electrons. The summed E-state index contributed by atoms with van der Waals surface area (Å²) in [7, 11) is 0. The molecule has 5 nitrogen and oxygen atoms in total. The van der Waals surface area contributed by atoms with E-state index in [0.29, 0.717) is 6.42 Å². The minimum absolute atomic E-state index is 0.0910. The van der Waals surface area contributed by atoms with Crippen LogP contribution >= 0.6 is 0 Å². The van der Waals surface area contributed by atoms with E-state index < -0.39 is 11.6 Å². The topological polar surface area (TPSA) is 72.6 Å². The van der Waals surface area contributed by atoms with E-state index in [4.69, 9.17) is 9.26 Å². The molecule has 0 amide bonds. The van der Waals surface area contributed by atoms with Gasteiger partial charge < -0.3 is 14.4 Å². The van der Waals surface area contributed by atoms with Gasteiger partial charge in [-0.25, -0.2) is 4.79 Å². The predicted molar refractivity (Wildman–Crippen MR) is 56.9 cm³/mol. The quantitative estimate of drug-likeness (QED) is 0.777. The second-order valence-electron chi connectivity index (χ2n) is 3.82. The van der Waals surface area contributed by atoms with Crippen molar-refractivity contribution < 1.29 is 19.2 Å². The van der Waals surface area contributed by atoms with Gasteiger partial charge in [0.1, 0.15) is 5.60 Å². The van der Waals surface area contributed by atoms with E-state index in [1.807, 2.05) is 6.92 Å². The lowest BCUT2D eigenvalue weighted by molar-refractivity contribution is 0.0188. The van der Waals surface area contributed by atoms with Crippen LogP contribution in [0.4, 0.5) is 0 Å². The summed E-state index contributed by atoms with van der Waals surface area (Å²) in [5.41, 5.74) is -1.000. The minimum Gasteiger partial charge on any atom is -0.461 e. The number of rotatable bonds is 5. The number of aliphatic hydroxyl groups is 1. The zero-order valence-corrected chi connectivity index (χ0v) is 9.82. The standard InChI is InChI=1S/C11H17NO4/c1-4-6-11(3,14)9-7-8(12-16-9)10(13)15-5-2/h7,14H,4-6H2,1-3H3. The number of carbonyl (C=O) groups excluding carboxylic acids is 1. The lowest BCUT2D eigenvalue weighted by atomic mass is 9.97. The van der Waals surface area contributed by atoms with Gasteiger partial charge in [0.25, 0.3) is 0 Å². The smallest absolute Gasteiger partial charge is 0.360 e. The second-order valence-corrected chi connectivity index (χ2v) is 3.82. The Hall–Kier alpha value is -1.36. The van der Waals surface area contributed by atoms with Gasteiger partial charge in [-0.2, -0.15) is 0 Å². The predicted octanol–water partition coefficient (Wildman–Crippen LogP) is 1.86. The highest BCUT2D eigenvalue weighted by Crippen LogP contribution is 2.26. The van der Waals surface area contributed by atoms with Crippen LogP contribution in [-0.4, -0.2) is 22.8 Å². The fraction of sp³-hybridized carbons (Fsp3) is 0.636. The van der Waals surface area contributed by atoms with Gasteiger partial charge in [-0.05, 0) is 20.3 Å². The Morgan fingerprint density at radius 3 is 2.88 bits per heavy atom. The third kappa shape index (κ3) is 2.82. The van der Waals surface area contributed by atoms with Crippen molar-refractivity contribution in [3.63, 3.8) is 0 Å². The lowest BCUT2D eigenvalue weighted by Crippen LogP contribution is -2.19. The van der Waals surface area contributed by atoms with Crippen molar-refractivity contribution in [1.82, 2.24) is 5.16 Å². The summed E-state index contributed by atoms with van der Waals surface area (Å²) in [4.78, 5) is 11.3. The Morgan fingerprint density at radius 2 is 2.31 bits per heavy atom. The Labute approximate surface area is 94.4 Å². The van der Waals surface area contributed by atoms with E-state index in [2.05, 4.69) is 5.16 Å². The molecule has 0 saturated heterocycles. The van der Waals surface area contributed by atoms with Gasteiger partial charge in [0.2, 0.25) is 0 Å². The summed E-state index contributed by atoms with van der Waals surface area (Å²) in [6, 6.07) is 1.42. The number of ether oxygens (including phenoxy) is 1. The van der Waals surface area contributed by atoms with Gasteiger partial charge in [0.15, 0.2) is 11.5 Å². The van der Waals surface area contributed by atoms with Crippen molar-refractivity contribution in [3.8, 4) is 0 Å². The van der Waals surface area contributed by atoms with Crippen LogP contribution in [0.5, 0.6) is 0 Å². The van der Waals surface area contributed by atoms with Gasteiger partial charge in [0, 0.05) is 6.07 Å². The molecular formula is C11H17NO4. The van der Waals surface area contributed by atoms with Crippen LogP contribution in [0.3, 0.4) is 0 Å². The summed E-state index contributed by atoms with van der Waals surface area (Å²) in [6.45, 7) is 5.58. The second kappa shape index (κ2) is 5.12. The van der Waals surface area contributed by atoms with E-state index in [9.17, 15) is 9.90 Å². The molecule has 0 radical (unpaired) electrons. The van der Waals surface area contributed by atoms with Crippen molar-refractivity contribution >= 4 is 5.97 Å². The molecule has 1 rings (SSSR count). The molecule has 0 saturated carbocycles. The average molecular weight is 227 g/mol. The zero-order chi connectivity index (χ0) is 12.2. The fourth-order valence-electron chi connectivity index (χ4n) is 1.44. The van der Waals surface area contributed by atoms with Crippen molar-refractivity contribution in [2.24, 2.45) is 0 Å². The molecule has 0 aliphatic carbocycles. The van der Waals surface area contributed by atoms with Gasteiger partial charge in [-0.3, -0.25) is 0 Å². The first-order valence-electron chi connectivity index (χ1n) is 5.38. The molecule has 0 aliphatic heterocycles. The Bertz CT molecular complexity index is 357. The maximum atomic E-state index is 11.3. The number of aromatic nitrogens is 1. The van der Waals surface area contributed by atoms with Gasteiger partial charge in [-0.1, -0.05) is 18.5 Å². The molecule has 0 spiro atoms. The monoisotopic (exact) mass is 227 g/mol. The SMILES string of the molecule is CCCC(C)(O)c1cc(C(=O)OCC)no1. The molecule has 1 N–H and O–H groups in total. The summed E-state index contributed by atoms with van der Waals surface area (Å²) >= 11 is 0. The lowest BCUT2D eigenvalue weighted by Gasteiger charge is -2.18. The zero-order valence-electron chi connectivity index (χ0n) is 9.82. The largest absolute Gasteiger partial charge is 0.461 e. The Morgan fingerprint density at radius 1 is 1.62 bits per heavy atom. The summed E-state index contributed by atoms with van der Waals surface area (Å²) in [6.07, 6.45) is 1.35. The van der Waals surface area contributed by atoms with Gasteiger partial charge >= 0.3 is 5.97 Å². The van der Waals surface area contributed by atoms with E-state index in [1.54, 1.807) is 13.8 Å². The third-order valence-corrected chi connectivity index (χ3v) is 2.26. The molecule has 0 aliphatic rings. The average Bonchev–Trinajstić information content (AvgIpc) is 2.67. The Kier molecular flexibility index (Phi) is 4.06. The van der Waals surface area contributed by atoms with Crippen LogP contribution in [-0.2, 0) is 10.3 Å². The minimum atomic E-state index is -1.09. The van der Waals surface area contributed by atoms with Crippen molar-refractivity contribution in [3.05, 3.63) is 17.5 Å². The molecule has 1 aromatic rings. The van der Waals surface area contributed by atoms with Crippen LogP contribution < -0.4 is 0 Å². The molecular weight excluding hydrogens is 210 g/mol. The summed E-state index contributed by atoms with van der Waals surface area (Å²) in [5.74, 6) is -0.248. The third-order valence-electron chi connectivity index (χ3n) is 2.26. The highest BCUT2D eigenvalue weighted by Gasteiger charge is 2.28. The number of hydrogen-bond acceptors (Lipinski definition) is 5. The number of esters is 1. The van der Waals surface area contributed by atoms with E-state index in [1.165, 1.54) is 6.07 Å². The number of nitrogens with zero attached hydrogens (tertiary/aromatic N) is 1. The summed E-state index contributed by atoms with van der Waals surface area (Å²) < 4.78 is 9.72. The van der Waals surface area contributed by atoms with E-state index in [-0.39, 0.29) is 18.1 Å². The van der Waals surface area contributed by atoms with Crippen LogP contribution in [0.2, 0.25) is 0 Å². The van der Waals surface area contributed by atoms with Crippen molar-refractivity contribution in [2.75, 3.05) is 6.61 Å². The maximum absolute atomic E-state index is 11.3. The fourth-order valence-corrected chi connectivity index (χ4v) is 1.44. The highest BCUT2D eigenvalue weighted by molar-refractivity contribution is 5.87. The molecule has 0 bridgehead atoms. The molecule has 0 fully saturated rings. The Balaban J connectivity index is 2.82. The van der Waals surface area contributed by atoms with Crippen molar-refractivity contribution in [2.45, 2.75) is 39.2 Å². The van der Waals surface area contributed by atoms with Crippen molar-refractivity contribution in [1.29, 1.82) is 0 Å². The summed E-state index contributed by atoms with van der Waals surface area (Å²) in [5, 5.41) is 13.6. The van der Waals surface area contributed by atoms with Crippen LogP contribution in [0.15, 0.2) is 10.6 Å². The van der Waals surface area contributed by atoms with Gasteiger partial charge in [-0.15, -0.1) is 0 Å². The molecule has 1 atom stereocenters. The van der Waals surface area contributed by atoms with Crippen LogP contribution in [0, 0.1) is 0 Å². The molecule has 1 unspecified atom stereocenters. The molecule has 16 heavy (non-hydrogen) atoms. The van der Waals surface area contributed by atoms with Crippen LogP contribution in [0.25, 0.3) is 0 Å². The van der Waals surface area contributed by atoms with E-state index >= 15 is 0 Å². The first-order valence-corrected chi connectivity index (χ1v) is 5.38.